The van der Waals surface area contributed by atoms with Crippen molar-refractivity contribution in [3.63, 3.8) is 0 Å². The van der Waals surface area contributed by atoms with Gasteiger partial charge in [-0.25, -0.2) is 24.9 Å². The summed E-state index contributed by atoms with van der Waals surface area (Å²) in [6.07, 6.45) is 4.02. The number of aryl methyl sites for hydroxylation is 1. The lowest BCUT2D eigenvalue weighted by molar-refractivity contribution is -0.143. The fourth-order valence-electron chi connectivity index (χ4n) is 4.20. The summed E-state index contributed by atoms with van der Waals surface area (Å²) in [4.78, 5) is 36.6. The first-order chi connectivity index (χ1) is 18.1. The topological polar surface area (TPSA) is 118 Å². The van der Waals surface area contributed by atoms with Crippen LogP contribution in [-0.2, 0) is 16.0 Å². The molecular weight excluding hydrogens is 468 g/mol. The average molecular weight is 497 g/mol. The molecule has 1 aromatic carbocycles. The van der Waals surface area contributed by atoms with Crippen LogP contribution in [0, 0.1) is 6.92 Å². The lowest BCUT2D eigenvalue weighted by Crippen LogP contribution is -2.54. The first-order valence-corrected chi connectivity index (χ1v) is 12.1. The van der Waals surface area contributed by atoms with Crippen LogP contribution in [0.3, 0.4) is 0 Å². The van der Waals surface area contributed by atoms with Gasteiger partial charge in [0.05, 0.1) is 7.11 Å². The maximum absolute atomic E-state index is 11.9. The minimum Gasteiger partial charge on any atom is -0.468 e. The number of nitrogens with zero attached hydrogens (tertiary/aromatic N) is 6. The van der Waals surface area contributed by atoms with E-state index in [4.69, 9.17) is 4.74 Å². The van der Waals surface area contributed by atoms with Gasteiger partial charge in [0.25, 0.3) is 0 Å². The van der Waals surface area contributed by atoms with Gasteiger partial charge in [-0.3, -0.25) is 4.79 Å². The minimum absolute atomic E-state index is 0.239. The SMILES string of the molecule is COC(=O)[C@H]1CN(c2ccc(Cc3nccc(Nc4ccnc(-c5cccc(C)n5)n4)n3)cc2)CCN1. The fraction of sp³-hybridized carbons (Fsp3) is 0.259. The van der Waals surface area contributed by atoms with E-state index in [1.807, 2.05) is 25.1 Å². The molecule has 0 amide bonds. The number of carbonyl (C=O) groups excluding carboxylic acids is 1. The van der Waals surface area contributed by atoms with Crippen LogP contribution < -0.4 is 15.5 Å². The number of nitrogens with one attached hydrogen (secondary N) is 2. The van der Waals surface area contributed by atoms with E-state index in [-0.39, 0.29) is 12.0 Å². The number of hydrogen-bond donors (Lipinski definition) is 2. The number of pyridine rings is 1. The summed E-state index contributed by atoms with van der Waals surface area (Å²) in [6.45, 7) is 4.07. The standard InChI is InChI=1S/C27H28N8O2/c1-18-4-3-5-21(31-18)26-30-13-11-24(34-26)32-23-10-12-29-25(33-23)16-19-6-8-20(9-7-19)35-15-14-28-22(17-35)27(36)37-2/h3-13,22,28H,14-17H2,1-2H3,(H,29,30,32,33,34)/t22-/m1/s1. The number of anilines is 3. The maximum Gasteiger partial charge on any atom is 0.324 e. The Morgan fingerprint density at radius 2 is 1.81 bits per heavy atom. The maximum atomic E-state index is 11.9. The first-order valence-electron chi connectivity index (χ1n) is 12.1. The molecule has 5 rings (SSSR count). The Balaban J connectivity index is 1.24. The second kappa shape index (κ2) is 11.1. The number of piperazine rings is 1. The number of esters is 1. The van der Waals surface area contributed by atoms with Gasteiger partial charge in [-0.1, -0.05) is 18.2 Å². The normalized spacial score (nSPS) is 15.3. The zero-order valence-electron chi connectivity index (χ0n) is 20.8. The Labute approximate surface area is 215 Å². The van der Waals surface area contributed by atoms with Crippen LogP contribution in [0.4, 0.5) is 17.3 Å². The van der Waals surface area contributed by atoms with Crippen LogP contribution in [0.5, 0.6) is 0 Å². The van der Waals surface area contributed by atoms with Crippen LogP contribution in [0.25, 0.3) is 11.5 Å². The lowest BCUT2D eigenvalue weighted by Gasteiger charge is -2.34. The van der Waals surface area contributed by atoms with Crippen LogP contribution in [0.15, 0.2) is 67.0 Å². The summed E-state index contributed by atoms with van der Waals surface area (Å²) in [5, 5.41) is 6.44. The molecule has 1 aliphatic heterocycles. The molecule has 1 saturated heterocycles. The number of benzene rings is 1. The third-order valence-corrected chi connectivity index (χ3v) is 6.06. The molecule has 0 spiro atoms. The molecule has 0 radical (unpaired) electrons. The highest BCUT2D eigenvalue weighted by Gasteiger charge is 2.26. The Morgan fingerprint density at radius 3 is 2.59 bits per heavy atom. The van der Waals surface area contributed by atoms with E-state index in [0.717, 1.165) is 35.7 Å². The fourth-order valence-corrected chi connectivity index (χ4v) is 4.20. The van der Waals surface area contributed by atoms with Gasteiger partial charge >= 0.3 is 5.97 Å². The van der Waals surface area contributed by atoms with Gasteiger partial charge in [-0.15, -0.1) is 0 Å². The summed E-state index contributed by atoms with van der Waals surface area (Å²) >= 11 is 0. The molecule has 1 aliphatic rings. The zero-order valence-corrected chi connectivity index (χ0v) is 20.8. The predicted molar refractivity (Wildman–Crippen MR) is 141 cm³/mol. The minimum atomic E-state index is -0.318. The van der Waals surface area contributed by atoms with E-state index in [2.05, 4.69) is 64.7 Å². The van der Waals surface area contributed by atoms with Crippen molar-refractivity contribution in [1.82, 2.24) is 30.2 Å². The molecular formula is C27H28N8O2. The average Bonchev–Trinajstić information content (AvgIpc) is 2.93. The van der Waals surface area contributed by atoms with Gasteiger partial charge in [-0.2, -0.15) is 0 Å². The molecule has 10 heteroatoms. The van der Waals surface area contributed by atoms with Crippen LogP contribution >= 0.6 is 0 Å². The van der Waals surface area contributed by atoms with E-state index in [9.17, 15) is 4.79 Å². The highest BCUT2D eigenvalue weighted by atomic mass is 16.5. The van der Waals surface area contributed by atoms with Gasteiger partial charge in [0, 0.05) is 49.8 Å². The van der Waals surface area contributed by atoms with Crippen molar-refractivity contribution in [2.75, 3.05) is 37.0 Å². The van der Waals surface area contributed by atoms with Crippen molar-refractivity contribution >= 4 is 23.3 Å². The highest BCUT2D eigenvalue weighted by molar-refractivity contribution is 5.77. The summed E-state index contributed by atoms with van der Waals surface area (Å²) in [5.41, 5.74) is 3.79. The van der Waals surface area contributed by atoms with E-state index in [0.29, 0.717) is 36.3 Å². The summed E-state index contributed by atoms with van der Waals surface area (Å²) < 4.78 is 4.88. The van der Waals surface area contributed by atoms with Gasteiger partial charge in [0.1, 0.15) is 29.2 Å². The van der Waals surface area contributed by atoms with E-state index in [1.165, 1.54) is 7.11 Å². The number of methoxy groups -OCH3 is 1. The quantitative estimate of drug-likeness (QED) is 0.370. The molecule has 2 N–H and O–H groups in total. The second-order valence-corrected chi connectivity index (χ2v) is 8.73. The number of aromatic nitrogens is 5. The molecule has 188 valence electrons. The van der Waals surface area contributed by atoms with Crippen molar-refractivity contribution in [3.8, 4) is 11.5 Å². The monoisotopic (exact) mass is 496 g/mol. The molecule has 0 unspecified atom stereocenters. The molecule has 4 aromatic rings. The zero-order chi connectivity index (χ0) is 25.6. The van der Waals surface area contributed by atoms with E-state index in [1.54, 1.807) is 24.5 Å². The molecule has 1 atom stereocenters. The lowest BCUT2D eigenvalue weighted by atomic mass is 10.1. The van der Waals surface area contributed by atoms with Crippen molar-refractivity contribution in [3.05, 3.63) is 84.1 Å². The summed E-state index contributed by atoms with van der Waals surface area (Å²) in [6, 6.07) is 17.3. The van der Waals surface area contributed by atoms with Crippen LogP contribution in [0.1, 0.15) is 17.1 Å². The first kappa shape index (κ1) is 24.3. The van der Waals surface area contributed by atoms with Crippen molar-refractivity contribution in [2.45, 2.75) is 19.4 Å². The third-order valence-electron chi connectivity index (χ3n) is 6.06. The summed E-state index contributed by atoms with van der Waals surface area (Å²) in [5.74, 6) is 2.28. The number of hydrogen-bond acceptors (Lipinski definition) is 10. The molecule has 3 aromatic heterocycles. The Kier molecular flexibility index (Phi) is 7.27. The molecule has 1 fully saturated rings. The molecule has 0 saturated carbocycles. The van der Waals surface area contributed by atoms with Gasteiger partial charge in [-0.05, 0) is 48.9 Å². The van der Waals surface area contributed by atoms with E-state index >= 15 is 0 Å². The smallest absolute Gasteiger partial charge is 0.324 e. The number of ether oxygens (including phenoxy) is 1. The molecule has 0 aliphatic carbocycles. The Morgan fingerprint density at radius 1 is 1.03 bits per heavy atom. The number of rotatable bonds is 7. The molecule has 10 nitrogen and oxygen atoms in total. The van der Waals surface area contributed by atoms with Gasteiger partial charge < -0.3 is 20.3 Å². The van der Waals surface area contributed by atoms with Crippen molar-refractivity contribution < 1.29 is 9.53 Å². The third kappa shape index (κ3) is 6.04. The number of carbonyl (C=O) groups is 1. The van der Waals surface area contributed by atoms with Crippen molar-refractivity contribution in [2.24, 2.45) is 0 Å². The van der Waals surface area contributed by atoms with Crippen LogP contribution in [-0.4, -0.2) is 63.7 Å². The van der Waals surface area contributed by atoms with Crippen molar-refractivity contribution in [1.29, 1.82) is 0 Å². The largest absolute Gasteiger partial charge is 0.468 e. The molecule has 0 bridgehead atoms. The van der Waals surface area contributed by atoms with Crippen LogP contribution in [0.2, 0.25) is 0 Å². The van der Waals surface area contributed by atoms with Gasteiger partial charge in [0.2, 0.25) is 0 Å². The Hall–Kier alpha value is -4.44. The summed E-state index contributed by atoms with van der Waals surface area (Å²) in [7, 11) is 1.41. The molecule has 37 heavy (non-hydrogen) atoms. The van der Waals surface area contributed by atoms with Gasteiger partial charge in [0.15, 0.2) is 5.82 Å². The predicted octanol–water partition coefficient (Wildman–Crippen LogP) is 2.92. The second-order valence-electron chi connectivity index (χ2n) is 8.73. The van der Waals surface area contributed by atoms with E-state index < -0.39 is 0 Å². The highest BCUT2D eigenvalue weighted by Crippen LogP contribution is 2.20. The molecule has 4 heterocycles. The Bertz CT molecular complexity index is 1380.